The van der Waals surface area contributed by atoms with E-state index in [-0.39, 0.29) is 11.9 Å². The molecule has 1 aromatic heterocycles. The highest BCUT2D eigenvalue weighted by molar-refractivity contribution is 5.49. The van der Waals surface area contributed by atoms with Gasteiger partial charge in [-0.05, 0) is 23.8 Å². The second kappa shape index (κ2) is 11.7. The molecule has 4 rings (SSSR count). The lowest BCUT2D eigenvalue weighted by Crippen LogP contribution is -2.39. The van der Waals surface area contributed by atoms with Crippen LogP contribution >= 0.6 is 0 Å². The minimum atomic E-state index is -0.678. The van der Waals surface area contributed by atoms with E-state index in [9.17, 15) is 8.78 Å². The van der Waals surface area contributed by atoms with Gasteiger partial charge in [0.1, 0.15) is 17.7 Å². The Balaban J connectivity index is 1.39. The van der Waals surface area contributed by atoms with E-state index >= 15 is 0 Å². The van der Waals surface area contributed by atoms with Crippen molar-refractivity contribution in [2.45, 2.75) is 32.0 Å². The average molecular weight is 477 g/mol. The molecule has 1 saturated heterocycles. The van der Waals surface area contributed by atoms with E-state index in [4.69, 9.17) is 14.7 Å². The fraction of sp³-hybridized carbons (Fsp3) is 0.286. The first-order valence-corrected chi connectivity index (χ1v) is 11.8. The predicted molar refractivity (Wildman–Crippen MR) is 135 cm³/mol. The number of hydrogen-bond donors (Lipinski definition) is 0. The lowest BCUT2D eigenvalue weighted by molar-refractivity contribution is 0.163. The second-order valence-electron chi connectivity index (χ2n) is 8.59. The van der Waals surface area contributed by atoms with Crippen LogP contribution in [0.5, 0.6) is 5.75 Å². The summed E-state index contributed by atoms with van der Waals surface area (Å²) in [5.74, 6) is -0.421. The zero-order chi connectivity index (χ0) is 24.6. The monoisotopic (exact) mass is 476 g/mol. The molecule has 1 aliphatic rings. The van der Waals surface area contributed by atoms with Gasteiger partial charge >= 0.3 is 0 Å². The number of aromatic nitrogens is 2. The van der Waals surface area contributed by atoms with Crippen molar-refractivity contribution in [1.82, 2.24) is 14.9 Å². The van der Waals surface area contributed by atoms with Gasteiger partial charge in [0.15, 0.2) is 11.6 Å². The third-order valence-electron chi connectivity index (χ3n) is 6.02. The van der Waals surface area contributed by atoms with Crippen molar-refractivity contribution in [2.24, 2.45) is 0 Å². The van der Waals surface area contributed by atoms with Gasteiger partial charge in [0.05, 0.1) is 17.6 Å². The van der Waals surface area contributed by atoms with Gasteiger partial charge in [0.2, 0.25) is 0 Å². The van der Waals surface area contributed by atoms with Crippen molar-refractivity contribution in [3.05, 3.63) is 103 Å². The molecule has 1 aliphatic heterocycles. The van der Waals surface area contributed by atoms with E-state index in [2.05, 4.69) is 35.1 Å². The van der Waals surface area contributed by atoms with Crippen LogP contribution in [0.15, 0.2) is 74.0 Å². The van der Waals surface area contributed by atoms with Crippen molar-refractivity contribution in [3.8, 4) is 5.75 Å². The Bertz CT molecular complexity index is 1150. The zero-order valence-corrected chi connectivity index (χ0v) is 19.7. The molecule has 0 saturated carbocycles. The SMILES string of the molecule is C=CCN(Cc1ccccc1)Cc1ncc(N2CCC(Oc3ccc(F)cc3F)CC2)nc1C=C. The molecule has 0 atom stereocenters. The van der Waals surface area contributed by atoms with Gasteiger partial charge in [-0.1, -0.05) is 43.0 Å². The summed E-state index contributed by atoms with van der Waals surface area (Å²) in [6, 6.07) is 13.7. The van der Waals surface area contributed by atoms with Crippen molar-refractivity contribution in [3.63, 3.8) is 0 Å². The van der Waals surface area contributed by atoms with Crippen molar-refractivity contribution in [2.75, 3.05) is 24.5 Å². The molecule has 3 aromatic rings. The van der Waals surface area contributed by atoms with Crippen LogP contribution in [0, 0.1) is 11.6 Å². The normalized spacial score (nSPS) is 14.2. The van der Waals surface area contributed by atoms with Gasteiger partial charge in [-0.25, -0.2) is 13.8 Å². The van der Waals surface area contributed by atoms with Crippen LogP contribution in [-0.2, 0) is 13.1 Å². The number of nitrogens with zero attached hydrogens (tertiary/aromatic N) is 4. The van der Waals surface area contributed by atoms with E-state index in [1.54, 1.807) is 12.3 Å². The molecule has 7 heteroatoms. The Kier molecular flexibility index (Phi) is 8.21. The molecule has 0 aliphatic carbocycles. The minimum absolute atomic E-state index is 0.0857. The summed E-state index contributed by atoms with van der Waals surface area (Å²) in [5.41, 5.74) is 2.85. The summed E-state index contributed by atoms with van der Waals surface area (Å²) < 4.78 is 32.8. The molecule has 0 amide bonds. The first-order chi connectivity index (χ1) is 17.1. The molecule has 0 radical (unpaired) electrons. The van der Waals surface area contributed by atoms with Gasteiger partial charge in [0.25, 0.3) is 0 Å². The first-order valence-electron chi connectivity index (χ1n) is 11.8. The van der Waals surface area contributed by atoms with E-state index in [1.807, 2.05) is 24.3 Å². The topological polar surface area (TPSA) is 41.5 Å². The van der Waals surface area contributed by atoms with Crippen LogP contribution in [-0.4, -0.2) is 40.6 Å². The van der Waals surface area contributed by atoms with Crippen LogP contribution in [0.1, 0.15) is 29.8 Å². The van der Waals surface area contributed by atoms with Crippen LogP contribution < -0.4 is 9.64 Å². The Hall–Kier alpha value is -3.58. The number of rotatable bonds is 10. The molecule has 2 heterocycles. The molecule has 0 bridgehead atoms. The van der Waals surface area contributed by atoms with E-state index in [0.29, 0.717) is 32.5 Å². The lowest BCUT2D eigenvalue weighted by atomic mass is 10.1. The first kappa shape index (κ1) is 24.5. The summed E-state index contributed by atoms with van der Waals surface area (Å²) in [7, 11) is 0. The Morgan fingerprint density at radius 3 is 2.51 bits per heavy atom. The van der Waals surface area contributed by atoms with Gasteiger partial charge in [-0.2, -0.15) is 0 Å². The second-order valence-corrected chi connectivity index (χ2v) is 8.59. The largest absolute Gasteiger partial charge is 0.487 e. The molecule has 182 valence electrons. The van der Waals surface area contributed by atoms with E-state index < -0.39 is 11.6 Å². The van der Waals surface area contributed by atoms with Crippen LogP contribution in [0.4, 0.5) is 14.6 Å². The summed E-state index contributed by atoms with van der Waals surface area (Å²) in [5, 5.41) is 0. The molecular formula is C28H30F2N4O. The standard InChI is InChI=1S/C28H30F2N4O/c1-3-14-33(19-21-8-6-5-7-9-21)20-26-25(4-2)32-28(18-31-26)34-15-12-23(13-16-34)35-27-11-10-22(29)17-24(27)30/h3-11,17-18,23H,1-2,12-16,19-20H2. The molecule has 35 heavy (non-hydrogen) atoms. The molecule has 0 N–H and O–H groups in total. The Morgan fingerprint density at radius 2 is 1.83 bits per heavy atom. The number of benzene rings is 2. The molecule has 5 nitrogen and oxygen atoms in total. The van der Waals surface area contributed by atoms with Gasteiger partial charge in [-0.15, -0.1) is 6.58 Å². The van der Waals surface area contributed by atoms with Crippen LogP contribution in [0.25, 0.3) is 6.08 Å². The van der Waals surface area contributed by atoms with Gasteiger partial charge < -0.3 is 9.64 Å². The molecule has 0 unspecified atom stereocenters. The van der Waals surface area contributed by atoms with Crippen molar-refractivity contribution < 1.29 is 13.5 Å². The number of ether oxygens (including phenoxy) is 1. The third-order valence-corrected chi connectivity index (χ3v) is 6.02. The van der Waals surface area contributed by atoms with Crippen LogP contribution in [0.2, 0.25) is 0 Å². The summed E-state index contributed by atoms with van der Waals surface area (Å²) in [6.07, 6.45) is 6.71. The highest BCUT2D eigenvalue weighted by Gasteiger charge is 2.23. The number of anilines is 1. The van der Waals surface area contributed by atoms with Gasteiger partial charge in [0, 0.05) is 51.6 Å². The fourth-order valence-electron chi connectivity index (χ4n) is 4.23. The quantitative estimate of drug-likeness (QED) is 0.355. The van der Waals surface area contributed by atoms with Crippen molar-refractivity contribution >= 4 is 11.9 Å². The van der Waals surface area contributed by atoms with Gasteiger partial charge in [-0.3, -0.25) is 9.88 Å². The Morgan fingerprint density at radius 1 is 1.06 bits per heavy atom. The maximum atomic E-state index is 13.9. The molecule has 1 fully saturated rings. The highest BCUT2D eigenvalue weighted by Crippen LogP contribution is 2.25. The predicted octanol–water partition coefficient (Wildman–Crippen LogP) is 5.63. The zero-order valence-electron chi connectivity index (χ0n) is 19.7. The molecule has 2 aromatic carbocycles. The van der Waals surface area contributed by atoms with Crippen molar-refractivity contribution in [1.29, 1.82) is 0 Å². The summed E-state index contributed by atoms with van der Waals surface area (Å²) in [6.45, 7) is 11.4. The number of hydrogen-bond acceptors (Lipinski definition) is 5. The highest BCUT2D eigenvalue weighted by atomic mass is 19.1. The molecule has 0 spiro atoms. The smallest absolute Gasteiger partial charge is 0.167 e. The average Bonchev–Trinajstić information content (AvgIpc) is 2.87. The lowest BCUT2D eigenvalue weighted by Gasteiger charge is -2.33. The maximum absolute atomic E-state index is 13.9. The van der Waals surface area contributed by atoms with E-state index in [0.717, 1.165) is 36.4 Å². The van der Waals surface area contributed by atoms with Crippen LogP contribution in [0.3, 0.4) is 0 Å². The van der Waals surface area contributed by atoms with E-state index in [1.165, 1.54) is 17.7 Å². The Labute approximate surface area is 205 Å². The summed E-state index contributed by atoms with van der Waals surface area (Å²) >= 11 is 0. The number of halogens is 2. The minimum Gasteiger partial charge on any atom is -0.487 e. The molecular weight excluding hydrogens is 446 g/mol. The fourth-order valence-corrected chi connectivity index (χ4v) is 4.23. The maximum Gasteiger partial charge on any atom is 0.167 e. The number of piperidine rings is 1. The summed E-state index contributed by atoms with van der Waals surface area (Å²) in [4.78, 5) is 14.0. The third kappa shape index (κ3) is 6.51.